The van der Waals surface area contributed by atoms with E-state index in [4.69, 9.17) is 39.0 Å². The van der Waals surface area contributed by atoms with Crippen molar-refractivity contribution in [3.05, 3.63) is 39.4 Å². The molecule has 1 atom stereocenters. The number of benzene rings is 1. The quantitative estimate of drug-likeness (QED) is 0.841. The van der Waals surface area contributed by atoms with Crippen LogP contribution in [0.25, 0.3) is 0 Å². The van der Waals surface area contributed by atoms with Gasteiger partial charge in [0.1, 0.15) is 18.1 Å². The number of nitrogens with two attached hydrogens (primary N) is 1. The molecule has 0 aliphatic carbocycles. The Bertz CT molecular complexity index is 741. The number of rotatable bonds is 4. The first kappa shape index (κ1) is 15.4. The van der Waals surface area contributed by atoms with E-state index < -0.39 is 0 Å². The Morgan fingerprint density at radius 3 is 3.09 bits per heavy atom. The minimum atomic E-state index is 0.121. The second-order valence-corrected chi connectivity index (χ2v) is 6.05. The first-order chi connectivity index (χ1) is 10.6. The first-order valence-electron chi connectivity index (χ1n) is 7.12. The lowest BCUT2D eigenvalue weighted by Gasteiger charge is -2.28. The number of H-pyrrole nitrogens is 1. The van der Waals surface area contributed by atoms with E-state index in [1.54, 1.807) is 13.2 Å². The Morgan fingerprint density at radius 2 is 2.36 bits per heavy atom. The Balaban J connectivity index is 1.96. The molecular formula is C15H18ClN3O2S. The standard InChI is InChI=1S/C15H18ClN3O2S/c1-20-12-5-9-4-11(8-21-14(9)13(16)6-12)19-10(2-3-17)7-18-15(19)22/h5-7,11H,2-4,8,17H2,1H3,(H,18,22)/t11-/m0/s1. The third-order valence-corrected chi connectivity index (χ3v) is 4.46. The summed E-state index contributed by atoms with van der Waals surface area (Å²) in [6.07, 6.45) is 3.48. The second kappa shape index (κ2) is 6.32. The lowest BCUT2D eigenvalue weighted by Crippen LogP contribution is -2.26. The first-order valence-corrected chi connectivity index (χ1v) is 7.90. The van der Waals surface area contributed by atoms with Gasteiger partial charge >= 0.3 is 0 Å². The van der Waals surface area contributed by atoms with Crippen molar-refractivity contribution in [2.24, 2.45) is 5.73 Å². The summed E-state index contributed by atoms with van der Waals surface area (Å²) in [6, 6.07) is 3.85. The van der Waals surface area contributed by atoms with E-state index in [1.165, 1.54) is 0 Å². The molecule has 1 aliphatic rings. The topological polar surface area (TPSA) is 65.2 Å². The molecular weight excluding hydrogens is 322 g/mol. The number of hydrogen-bond donors (Lipinski definition) is 2. The van der Waals surface area contributed by atoms with Crippen molar-refractivity contribution < 1.29 is 9.47 Å². The summed E-state index contributed by atoms with van der Waals surface area (Å²) in [5.74, 6) is 1.47. The van der Waals surface area contributed by atoms with Crippen LogP contribution >= 0.6 is 23.8 Å². The summed E-state index contributed by atoms with van der Waals surface area (Å²) in [4.78, 5) is 3.09. The Hall–Kier alpha value is -1.50. The molecule has 3 N–H and O–H groups in total. The summed E-state index contributed by atoms with van der Waals surface area (Å²) in [5, 5.41) is 0.577. The average Bonchev–Trinajstić information content (AvgIpc) is 2.87. The predicted molar refractivity (Wildman–Crippen MR) is 88.6 cm³/mol. The molecule has 2 heterocycles. The van der Waals surface area contributed by atoms with Crippen molar-refractivity contribution in [3.63, 3.8) is 0 Å². The number of aromatic amines is 1. The van der Waals surface area contributed by atoms with E-state index in [9.17, 15) is 0 Å². The fraction of sp³-hybridized carbons (Fsp3) is 0.400. The van der Waals surface area contributed by atoms with Crippen LogP contribution in [0.15, 0.2) is 18.3 Å². The van der Waals surface area contributed by atoms with Gasteiger partial charge in [0.05, 0.1) is 18.2 Å². The van der Waals surface area contributed by atoms with E-state index in [1.807, 2.05) is 12.3 Å². The number of hydrogen-bond acceptors (Lipinski definition) is 4. The molecule has 22 heavy (non-hydrogen) atoms. The van der Waals surface area contributed by atoms with Crippen molar-refractivity contribution in [2.75, 3.05) is 20.3 Å². The van der Waals surface area contributed by atoms with Gasteiger partial charge in [-0.05, 0) is 24.8 Å². The number of nitrogens with zero attached hydrogens (tertiary/aromatic N) is 1. The molecule has 0 spiro atoms. The lowest BCUT2D eigenvalue weighted by atomic mass is 10.0. The van der Waals surface area contributed by atoms with Crippen LogP contribution in [0.2, 0.25) is 5.02 Å². The summed E-state index contributed by atoms with van der Waals surface area (Å²) < 4.78 is 13.9. The van der Waals surface area contributed by atoms with Gasteiger partial charge in [0, 0.05) is 36.4 Å². The molecule has 0 amide bonds. The van der Waals surface area contributed by atoms with Crippen LogP contribution in [0.3, 0.4) is 0 Å². The molecule has 1 aromatic carbocycles. The van der Waals surface area contributed by atoms with E-state index >= 15 is 0 Å². The van der Waals surface area contributed by atoms with Gasteiger partial charge in [-0.1, -0.05) is 11.6 Å². The molecule has 0 saturated heterocycles. The fourth-order valence-corrected chi connectivity index (χ4v) is 3.48. The van der Waals surface area contributed by atoms with Gasteiger partial charge in [-0.25, -0.2) is 0 Å². The zero-order chi connectivity index (χ0) is 15.7. The summed E-state index contributed by atoms with van der Waals surface area (Å²) in [6.45, 7) is 1.11. The number of fused-ring (bicyclic) bond motifs is 1. The molecule has 5 nitrogen and oxygen atoms in total. The van der Waals surface area contributed by atoms with Gasteiger partial charge < -0.3 is 24.8 Å². The van der Waals surface area contributed by atoms with Crippen LogP contribution in [-0.4, -0.2) is 29.8 Å². The Morgan fingerprint density at radius 1 is 1.55 bits per heavy atom. The molecule has 1 aliphatic heterocycles. The summed E-state index contributed by atoms with van der Waals surface area (Å²) in [7, 11) is 1.63. The number of methoxy groups -OCH3 is 1. The maximum Gasteiger partial charge on any atom is 0.177 e. The highest BCUT2D eigenvalue weighted by Gasteiger charge is 2.26. The number of ether oxygens (including phenoxy) is 2. The smallest absolute Gasteiger partial charge is 0.177 e. The van der Waals surface area contributed by atoms with Gasteiger partial charge in [-0.2, -0.15) is 0 Å². The van der Waals surface area contributed by atoms with E-state index in [-0.39, 0.29) is 6.04 Å². The monoisotopic (exact) mass is 339 g/mol. The van der Waals surface area contributed by atoms with Gasteiger partial charge in [0.15, 0.2) is 4.77 Å². The minimum absolute atomic E-state index is 0.121. The number of aromatic nitrogens is 2. The van der Waals surface area contributed by atoms with Crippen LogP contribution < -0.4 is 15.2 Å². The van der Waals surface area contributed by atoms with Crippen LogP contribution in [0.4, 0.5) is 0 Å². The molecule has 0 radical (unpaired) electrons. The summed E-state index contributed by atoms with van der Waals surface area (Å²) in [5.41, 5.74) is 7.80. The molecule has 0 saturated carbocycles. The van der Waals surface area contributed by atoms with Crippen LogP contribution in [-0.2, 0) is 12.8 Å². The average molecular weight is 340 g/mol. The highest BCUT2D eigenvalue weighted by Crippen LogP contribution is 2.39. The fourth-order valence-electron chi connectivity index (χ4n) is 2.87. The molecule has 2 aromatic rings. The maximum atomic E-state index is 6.26. The van der Waals surface area contributed by atoms with Crippen LogP contribution in [0.1, 0.15) is 17.3 Å². The Labute approximate surface area is 139 Å². The number of halogens is 1. The van der Waals surface area contributed by atoms with Crippen molar-refractivity contribution in [1.82, 2.24) is 9.55 Å². The van der Waals surface area contributed by atoms with E-state index in [0.29, 0.717) is 22.9 Å². The van der Waals surface area contributed by atoms with Crippen molar-refractivity contribution in [1.29, 1.82) is 0 Å². The zero-order valence-corrected chi connectivity index (χ0v) is 13.8. The maximum absolute atomic E-state index is 6.26. The third kappa shape index (κ3) is 2.74. The highest BCUT2D eigenvalue weighted by molar-refractivity contribution is 7.71. The summed E-state index contributed by atoms with van der Waals surface area (Å²) >= 11 is 11.7. The van der Waals surface area contributed by atoms with Crippen LogP contribution in [0.5, 0.6) is 11.5 Å². The van der Waals surface area contributed by atoms with Crippen molar-refractivity contribution in [2.45, 2.75) is 18.9 Å². The Kier molecular flexibility index (Phi) is 4.42. The molecule has 0 bridgehead atoms. The second-order valence-electron chi connectivity index (χ2n) is 5.26. The molecule has 0 unspecified atom stereocenters. The van der Waals surface area contributed by atoms with Gasteiger partial charge in [-0.3, -0.25) is 0 Å². The number of nitrogens with one attached hydrogen (secondary N) is 1. The van der Waals surface area contributed by atoms with E-state index in [2.05, 4.69) is 9.55 Å². The van der Waals surface area contributed by atoms with Crippen LogP contribution in [0, 0.1) is 4.77 Å². The molecule has 118 valence electrons. The van der Waals surface area contributed by atoms with Gasteiger partial charge in [0.2, 0.25) is 0 Å². The number of imidazole rings is 1. The molecule has 0 fully saturated rings. The highest BCUT2D eigenvalue weighted by atomic mass is 35.5. The SMILES string of the molecule is COc1cc(Cl)c2c(c1)C[C@H](n1c(CCN)c[nH]c1=S)CO2. The molecule has 7 heteroatoms. The van der Waals surface area contributed by atoms with Gasteiger partial charge in [0.25, 0.3) is 0 Å². The van der Waals surface area contributed by atoms with Crippen molar-refractivity contribution in [3.8, 4) is 11.5 Å². The normalized spacial score (nSPS) is 17.0. The third-order valence-electron chi connectivity index (χ3n) is 3.86. The predicted octanol–water partition coefficient (Wildman–Crippen LogP) is 2.89. The van der Waals surface area contributed by atoms with E-state index in [0.717, 1.165) is 35.6 Å². The minimum Gasteiger partial charge on any atom is -0.497 e. The molecule has 3 rings (SSSR count). The lowest BCUT2D eigenvalue weighted by molar-refractivity contribution is 0.220. The molecule has 1 aromatic heterocycles. The largest absolute Gasteiger partial charge is 0.497 e. The van der Waals surface area contributed by atoms with Gasteiger partial charge in [-0.15, -0.1) is 0 Å². The van der Waals surface area contributed by atoms with Crippen molar-refractivity contribution >= 4 is 23.8 Å². The zero-order valence-electron chi connectivity index (χ0n) is 12.3.